The van der Waals surface area contributed by atoms with Crippen molar-refractivity contribution in [3.05, 3.63) is 75.2 Å². The third-order valence-electron chi connectivity index (χ3n) is 4.04. The number of hydrogen-bond donors (Lipinski definition) is 2. The fourth-order valence-corrected chi connectivity index (χ4v) is 3.53. The third-order valence-corrected chi connectivity index (χ3v) is 5.02. The van der Waals surface area contributed by atoms with Crippen LogP contribution in [0.25, 0.3) is 0 Å². The Hall–Kier alpha value is -3.06. The van der Waals surface area contributed by atoms with Crippen LogP contribution in [0.5, 0.6) is 0 Å². The Morgan fingerprint density at radius 1 is 1.04 bits per heavy atom. The highest BCUT2D eigenvalue weighted by molar-refractivity contribution is 7.13. The molecule has 0 unspecified atom stereocenters. The molecule has 0 saturated carbocycles. The molecule has 0 saturated heterocycles. The number of carbonyl (C=O) groups excluding carboxylic acids is 2. The van der Waals surface area contributed by atoms with Crippen LogP contribution in [0.1, 0.15) is 49.6 Å². The number of nitrogens with zero attached hydrogens (tertiary/aromatic N) is 2. The number of hydrogen-bond acceptors (Lipinski definition) is 5. The third kappa shape index (κ3) is 5.23. The van der Waals surface area contributed by atoms with Gasteiger partial charge in [0, 0.05) is 24.2 Å². The second-order valence-electron chi connectivity index (χ2n) is 6.46. The standard InChI is InChI=1S/C21H22N4O2S/c1-3-6-18-24-25-21(28-18)20(27)23-17-10-5-9-16(12-17)19(26)22-13-15-8-4-7-14(2)11-15/h4-5,7-12H,3,6,13H2,1-2H3,(H,22,26)(H,23,27). The Balaban J connectivity index is 1.62. The Morgan fingerprint density at radius 3 is 2.64 bits per heavy atom. The van der Waals surface area contributed by atoms with Gasteiger partial charge in [0.1, 0.15) is 5.01 Å². The first-order valence-electron chi connectivity index (χ1n) is 9.12. The first kappa shape index (κ1) is 19.7. The Morgan fingerprint density at radius 2 is 1.86 bits per heavy atom. The molecule has 0 atom stereocenters. The van der Waals surface area contributed by atoms with Crippen LogP contribution in [0, 0.1) is 6.92 Å². The molecule has 7 heteroatoms. The molecule has 0 aliphatic carbocycles. The van der Waals surface area contributed by atoms with Crippen LogP contribution >= 0.6 is 11.3 Å². The van der Waals surface area contributed by atoms with E-state index < -0.39 is 0 Å². The van der Waals surface area contributed by atoms with Gasteiger partial charge in [-0.25, -0.2) is 0 Å². The molecule has 2 aromatic carbocycles. The van der Waals surface area contributed by atoms with Crippen molar-refractivity contribution >= 4 is 28.8 Å². The summed E-state index contributed by atoms with van der Waals surface area (Å²) in [6, 6.07) is 14.8. The van der Waals surface area contributed by atoms with Gasteiger partial charge in [-0.2, -0.15) is 0 Å². The minimum absolute atomic E-state index is 0.196. The van der Waals surface area contributed by atoms with Gasteiger partial charge in [-0.05, 0) is 37.1 Å². The first-order valence-corrected chi connectivity index (χ1v) is 9.94. The lowest BCUT2D eigenvalue weighted by molar-refractivity contribution is 0.0949. The molecule has 0 radical (unpaired) electrons. The molecular formula is C21H22N4O2S. The van der Waals surface area contributed by atoms with E-state index >= 15 is 0 Å². The summed E-state index contributed by atoms with van der Waals surface area (Å²) in [6.45, 7) is 4.51. The van der Waals surface area contributed by atoms with E-state index in [9.17, 15) is 9.59 Å². The molecule has 28 heavy (non-hydrogen) atoms. The number of anilines is 1. The summed E-state index contributed by atoms with van der Waals surface area (Å²) in [5.41, 5.74) is 3.21. The highest BCUT2D eigenvalue weighted by Gasteiger charge is 2.14. The van der Waals surface area contributed by atoms with Gasteiger partial charge < -0.3 is 10.6 Å². The molecular weight excluding hydrogens is 372 g/mol. The van der Waals surface area contributed by atoms with Crippen molar-refractivity contribution < 1.29 is 9.59 Å². The summed E-state index contributed by atoms with van der Waals surface area (Å²) in [5, 5.41) is 14.8. The molecule has 3 aromatic rings. The molecule has 0 fully saturated rings. The smallest absolute Gasteiger partial charge is 0.286 e. The van der Waals surface area contributed by atoms with Crippen LogP contribution in [0.3, 0.4) is 0 Å². The maximum atomic E-state index is 12.4. The number of carbonyl (C=O) groups is 2. The van der Waals surface area contributed by atoms with Crippen molar-refractivity contribution in [3.63, 3.8) is 0 Å². The van der Waals surface area contributed by atoms with Crippen molar-refractivity contribution in [1.29, 1.82) is 0 Å². The van der Waals surface area contributed by atoms with Crippen LogP contribution in [-0.2, 0) is 13.0 Å². The zero-order valence-corrected chi connectivity index (χ0v) is 16.7. The summed E-state index contributed by atoms with van der Waals surface area (Å²) in [6.07, 6.45) is 1.76. The molecule has 0 spiro atoms. The molecule has 3 rings (SSSR count). The number of benzene rings is 2. The summed E-state index contributed by atoms with van der Waals surface area (Å²) < 4.78 is 0. The van der Waals surface area contributed by atoms with Crippen LogP contribution in [0.4, 0.5) is 5.69 Å². The zero-order chi connectivity index (χ0) is 19.9. The molecule has 0 aliphatic rings. The van der Waals surface area contributed by atoms with Gasteiger partial charge in [0.2, 0.25) is 5.01 Å². The van der Waals surface area contributed by atoms with Gasteiger partial charge in [0.15, 0.2) is 0 Å². The monoisotopic (exact) mass is 394 g/mol. The molecule has 2 N–H and O–H groups in total. The molecule has 1 heterocycles. The summed E-state index contributed by atoms with van der Waals surface area (Å²) in [7, 11) is 0. The SMILES string of the molecule is CCCc1nnc(C(=O)Nc2cccc(C(=O)NCc3cccc(C)c3)c2)s1. The van der Waals surface area contributed by atoms with E-state index in [2.05, 4.69) is 27.8 Å². The predicted molar refractivity (Wildman–Crippen MR) is 111 cm³/mol. The maximum absolute atomic E-state index is 12.4. The zero-order valence-electron chi connectivity index (χ0n) is 15.9. The van der Waals surface area contributed by atoms with Crippen LogP contribution in [-0.4, -0.2) is 22.0 Å². The Kier molecular flexibility index (Phi) is 6.49. The second kappa shape index (κ2) is 9.23. The number of rotatable bonds is 7. The number of aromatic nitrogens is 2. The topological polar surface area (TPSA) is 84.0 Å². The van der Waals surface area contributed by atoms with E-state index in [1.165, 1.54) is 11.3 Å². The molecule has 0 bridgehead atoms. The fraction of sp³-hybridized carbons (Fsp3) is 0.238. The number of nitrogens with one attached hydrogen (secondary N) is 2. The van der Waals surface area contributed by atoms with Gasteiger partial charge in [-0.1, -0.05) is 54.2 Å². The number of amides is 2. The Labute approximate surface area is 168 Å². The predicted octanol–water partition coefficient (Wildman–Crippen LogP) is 3.98. The second-order valence-corrected chi connectivity index (χ2v) is 7.52. The van der Waals surface area contributed by atoms with Gasteiger partial charge in [-0.3, -0.25) is 9.59 Å². The molecule has 2 amide bonds. The normalized spacial score (nSPS) is 10.5. The van der Waals surface area contributed by atoms with Gasteiger partial charge in [0.25, 0.3) is 11.8 Å². The molecule has 1 aromatic heterocycles. The summed E-state index contributed by atoms with van der Waals surface area (Å²) in [5.74, 6) is -0.518. The van der Waals surface area contributed by atoms with E-state index in [4.69, 9.17) is 0 Å². The number of aryl methyl sites for hydroxylation is 2. The Bertz CT molecular complexity index is 984. The van der Waals surface area contributed by atoms with Gasteiger partial charge >= 0.3 is 0 Å². The first-order chi connectivity index (χ1) is 13.5. The highest BCUT2D eigenvalue weighted by Crippen LogP contribution is 2.16. The van der Waals surface area contributed by atoms with E-state index in [1.54, 1.807) is 24.3 Å². The summed E-state index contributed by atoms with van der Waals surface area (Å²) >= 11 is 1.29. The lowest BCUT2D eigenvalue weighted by atomic mass is 10.1. The fourth-order valence-electron chi connectivity index (χ4n) is 2.69. The van der Waals surface area contributed by atoms with E-state index in [0.29, 0.717) is 22.8 Å². The van der Waals surface area contributed by atoms with Crippen LogP contribution in [0.2, 0.25) is 0 Å². The maximum Gasteiger partial charge on any atom is 0.286 e. The average Bonchev–Trinajstić information content (AvgIpc) is 3.15. The van der Waals surface area contributed by atoms with E-state index in [1.807, 2.05) is 31.2 Å². The van der Waals surface area contributed by atoms with Crippen molar-refractivity contribution in [2.24, 2.45) is 0 Å². The highest BCUT2D eigenvalue weighted by atomic mass is 32.1. The lowest BCUT2D eigenvalue weighted by Gasteiger charge is -2.08. The summed E-state index contributed by atoms with van der Waals surface area (Å²) in [4.78, 5) is 24.8. The molecule has 144 valence electrons. The quantitative estimate of drug-likeness (QED) is 0.635. The largest absolute Gasteiger partial charge is 0.348 e. The van der Waals surface area contributed by atoms with Crippen molar-refractivity contribution in [1.82, 2.24) is 15.5 Å². The van der Waals surface area contributed by atoms with Crippen LogP contribution < -0.4 is 10.6 Å². The van der Waals surface area contributed by atoms with E-state index in [-0.39, 0.29) is 11.8 Å². The van der Waals surface area contributed by atoms with Crippen molar-refractivity contribution in [3.8, 4) is 0 Å². The van der Waals surface area contributed by atoms with E-state index in [0.717, 1.165) is 29.0 Å². The van der Waals surface area contributed by atoms with Crippen LogP contribution in [0.15, 0.2) is 48.5 Å². The molecule has 6 nitrogen and oxygen atoms in total. The minimum atomic E-state index is -0.322. The van der Waals surface area contributed by atoms with Crippen molar-refractivity contribution in [2.45, 2.75) is 33.2 Å². The molecule has 0 aliphatic heterocycles. The van der Waals surface area contributed by atoms with Crippen molar-refractivity contribution in [2.75, 3.05) is 5.32 Å². The minimum Gasteiger partial charge on any atom is -0.348 e. The van der Waals surface area contributed by atoms with Gasteiger partial charge in [-0.15, -0.1) is 10.2 Å². The lowest BCUT2D eigenvalue weighted by Crippen LogP contribution is -2.23. The van der Waals surface area contributed by atoms with Gasteiger partial charge in [0.05, 0.1) is 0 Å². The average molecular weight is 395 g/mol.